The number of aryl methyl sites for hydroxylation is 1. The minimum Gasteiger partial charge on any atom is -0.0761 e. The van der Waals surface area contributed by atoms with Gasteiger partial charge in [-0.2, -0.15) is 0 Å². The van der Waals surface area contributed by atoms with E-state index in [1.54, 1.807) is 44.6 Å². The Hall–Kier alpha value is -4.16. The predicted octanol–water partition coefficient (Wildman–Crippen LogP) is 15.1. The number of hydrogen-bond acceptors (Lipinski definition) is 0. The first-order valence-electron chi connectivity index (χ1n) is 22.8. The number of allylic oxidation sites excluding steroid dienone is 19. The van der Waals surface area contributed by atoms with Crippen molar-refractivity contribution in [3.63, 3.8) is 0 Å². The summed E-state index contributed by atoms with van der Waals surface area (Å²) < 4.78 is 0. The third-order valence-corrected chi connectivity index (χ3v) is 16.1. The molecule has 0 saturated heterocycles. The maximum Gasteiger partial charge on any atom is 0.0211 e. The van der Waals surface area contributed by atoms with Crippen LogP contribution in [0.15, 0.2) is 153 Å². The second-order valence-corrected chi connectivity index (χ2v) is 18.5. The van der Waals surface area contributed by atoms with Crippen LogP contribution in [-0.2, 0) is 11.8 Å². The van der Waals surface area contributed by atoms with Gasteiger partial charge in [0.25, 0.3) is 0 Å². The number of rotatable bonds is 9. The molecule has 2 aromatic rings. The Balaban J connectivity index is 0.927. The highest BCUT2D eigenvalue weighted by molar-refractivity contribution is 5.84. The highest BCUT2D eigenvalue weighted by Crippen LogP contribution is 2.63. The molecule has 8 aliphatic rings. The summed E-state index contributed by atoms with van der Waals surface area (Å²) in [6.45, 7) is 9.79. The van der Waals surface area contributed by atoms with Gasteiger partial charge in [0.2, 0.25) is 0 Å². The van der Waals surface area contributed by atoms with Gasteiger partial charge in [0.15, 0.2) is 0 Å². The lowest BCUT2D eigenvalue weighted by Gasteiger charge is -2.40. The summed E-state index contributed by atoms with van der Waals surface area (Å²) >= 11 is 0. The molecule has 0 N–H and O–H groups in total. The summed E-state index contributed by atoms with van der Waals surface area (Å²) in [7, 11) is 0. The summed E-state index contributed by atoms with van der Waals surface area (Å²) in [5.74, 6) is 2.24. The van der Waals surface area contributed by atoms with Crippen LogP contribution in [0.3, 0.4) is 0 Å². The number of hydrogen-bond donors (Lipinski definition) is 0. The maximum atomic E-state index is 2.80. The summed E-state index contributed by atoms with van der Waals surface area (Å²) in [6, 6.07) is 18.4. The van der Waals surface area contributed by atoms with E-state index in [1.807, 2.05) is 5.57 Å². The quantitative estimate of drug-likeness (QED) is 0.241. The zero-order valence-corrected chi connectivity index (χ0v) is 34.6. The van der Waals surface area contributed by atoms with Gasteiger partial charge in [0, 0.05) is 22.7 Å². The minimum absolute atomic E-state index is 0.189. The lowest BCUT2D eigenvalue weighted by Crippen LogP contribution is -2.31. The molecular formula is C56H62. The molecule has 0 amide bonds. The van der Waals surface area contributed by atoms with Crippen LogP contribution in [0, 0.1) is 29.1 Å². The molecule has 0 radical (unpaired) electrons. The molecule has 0 aromatic heterocycles. The van der Waals surface area contributed by atoms with E-state index in [9.17, 15) is 0 Å². The highest BCUT2D eigenvalue weighted by Gasteiger charge is 2.52. The van der Waals surface area contributed by atoms with Crippen molar-refractivity contribution in [2.75, 3.05) is 0 Å². The van der Waals surface area contributed by atoms with E-state index in [1.165, 1.54) is 105 Å². The van der Waals surface area contributed by atoms with E-state index in [-0.39, 0.29) is 10.8 Å². The van der Waals surface area contributed by atoms with Crippen molar-refractivity contribution in [1.82, 2.24) is 0 Å². The van der Waals surface area contributed by atoms with Gasteiger partial charge in [-0.3, -0.25) is 0 Å². The Labute approximate surface area is 338 Å². The number of fused-ring (bicyclic) bond motifs is 6. The van der Waals surface area contributed by atoms with Gasteiger partial charge < -0.3 is 0 Å². The lowest BCUT2D eigenvalue weighted by molar-refractivity contribution is 0.208. The smallest absolute Gasteiger partial charge is 0.0211 e. The molecule has 4 unspecified atom stereocenters. The van der Waals surface area contributed by atoms with Crippen molar-refractivity contribution in [3.8, 4) is 0 Å². The Morgan fingerprint density at radius 2 is 1.25 bits per heavy atom. The average Bonchev–Trinajstić information content (AvgIpc) is 3.69. The topological polar surface area (TPSA) is 0 Å². The molecule has 0 bridgehead atoms. The first-order chi connectivity index (χ1) is 27.5. The fourth-order valence-electron chi connectivity index (χ4n) is 13.4. The summed E-state index contributed by atoms with van der Waals surface area (Å²) in [6.07, 6.45) is 43.0. The molecular weight excluding hydrogens is 673 g/mol. The Morgan fingerprint density at radius 1 is 0.589 bits per heavy atom. The van der Waals surface area contributed by atoms with Crippen LogP contribution >= 0.6 is 0 Å². The predicted molar refractivity (Wildman–Crippen MR) is 238 cm³/mol. The molecule has 0 aliphatic heterocycles. The molecule has 0 fully saturated rings. The van der Waals surface area contributed by atoms with E-state index in [2.05, 4.69) is 137 Å². The van der Waals surface area contributed by atoms with Gasteiger partial charge in [-0.1, -0.05) is 155 Å². The molecule has 0 heteroatoms. The van der Waals surface area contributed by atoms with E-state index >= 15 is 0 Å². The zero-order valence-electron chi connectivity index (χ0n) is 34.6. The zero-order chi connectivity index (χ0) is 38.0. The molecule has 2 aromatic carbocycles. The van der Waals surface area contributed by atoms with E-state index in [0.29, 0.717) is 23.7 Å². The molecule has 0 spiro atoms. The largest absolute Gasteiger partial charge is 0.0761 e. The van der Waals surface area contributed by atoms with Crippen molar-refractivity contribution in [2.45, 2.75) is 123 Å². The molecule has 10 rings (SSSR count). The maximum absolute atomic E-state index is 2.80. The Morgan fingerprint density at radius 3 is 2.00 bits per heavy atom. The van der Waals surface area contributed by atoms with Gasteiger partial charge in [-0.15, -0.1) is 0 Å². The number of benzene rings is 2. The second-order valence-electron chi connectivity index (χ2n) is 18.5. The third-order valence-electron chi connectivity index (χ3n) is 16.1. The highest BCUT2D eigenvalue weighted by atomic mass is 14.6. The fourth-order valence-corrected chi connectivity index (χ4v) is 13.4. The second kappa shape index (κ2) is 14.3. The van der Waals surface area contributed by atoms with Gasteiger partial charge in [0.05, 0.1) is 0 Å². The minimum atomic E-state index is 0.189. The van der Waals surface area contributed by atoms with Gasteiger partial charge in [-0.05, 0) is 161 Å². The van der Waals surface area contributed by atoms with Crippen LogP contribution in [0.1, 0.15) is 133 Å². The fraction of sp³-hybridized carbons (Fsp3) is 0.429. The molecule has 0 nitrogen and oxygen atoms in total. The van der Waals surface area contributed by atoms with Gasteiger partial charge in [0.1, 0.15) is 0 Å². The van der Waals surface area contributed by atoms with E-state index < -0.39 is 0 Å². The van der Waals surface area contributed by atoms with Crippen LogP contribution < -0.4 is 0 Å². The average molecular weight is 735 g/mol. The molecule has 0 saturated carbocycles. The van der Waals surface area contributed by atoms with Crippen molar-refractivity contribution in [2.24, 2.45) is 29.1 Å². The summed E-state index contributed by atoms with van der Waals surface area (Å²) in [5, 5.41) is 0. The van der Waals surface area contributed by atoms with E-state index in [0.717, 1.165) is 12.8 Å². The van der Waals surface area contributed by atoms with Crippen molar-refractivity contribution < 1.29 is 0 Å². The molecule has 8 aliphatic carbocycles. The third kappa shape index (κ3) is 5.59. The summed E-state index contributed by atoms with van der Waals surface area (Å²) in [5.41, 5.74) is 22.8. The van der Waals surface area contributed by atoms with Crippen LogP contribution in [0.25, 0.3) is 11.6 Å². The van der Waals surface area contributed by atoms with Gasteiger partial charge in [-0.25, -0.2) is 0 Å². The Bertz CT molecular complexity index is 2260. The SMILES string of the molecule is CCCC1(CCC)C2=C(CCC(C3=CC4=C(CC3)C3CCC(C5=CC6C=CC(C7=Cc8ccccc8CC7)=CC6C=C5)=CC3C4(CC)CC)=C2)c2ccccc21. The van der Waals surface area contributed by atoms with Gasteiger partial charge >= 0.3 is 0 Å². The standard InChI is InChI=1S/C56H62/c1-5-29-56(30-6-2)51-16-12-11-15-47(51)48-26-24-46(36-54(48)56)45-25-28-50-49-27-23-44(34-52(49)55(7-3,8-4)53(50)35-45)43-22-21-41-32-40(19-20-42(41)33-43)39-18-17-37-13-9-10-14-38(37)31-39/h9-16,19-22,31-36,41-42,49,52H,5-8,17-18,23-30H2,1-4H3. The van der Waals surface area contributed by atoms with Crippen LogP contribution in [0.4, 0.5) is 0 Å². The van der Waals surface area contributed by atoms with Crippen molar-refractivity contribution in [3.05, 3.63) is 176 Å². The van der Waals surface area contributed by atoms with Crippen LogP contribution in [0.2, 0.25) is 0 Å². The summed E-state index contributed by atoms with van der Waals surface area (Å²) in [4.78, 5) is 0. The van der Waals surface area contributed by atoms with Crippen LogP contribution in [-0.4, -0.2) is 0 Å². The molecule has 0 heterocycles. The van der Waals surface area contributed by atoms with E-state index in [4.69, 9.17) is 0 Å². The molecule has 56 heavy (non-hydrogen) atoms. The lowest BCUT2D eigenvalue weighted by atomic mass is 9.64. The molecule has 286 valence electrons. The first-order valence-corrected chi connectivity index (χ1v) is 22.8. The Kier molecular flexibility index (Phi) is 9.27. The first kappa shape index (κ1) is 36.2. The van der Waals surface area contributed by atoms with Crippen molar-refractivity contribution >= 4 is 11.6 Å². The van der Waals surface area contributed by atoms with Crippen molar-refractivity contribution in [1.29, 1.82) is 0 Å². The monoisotopic (exact) mass is 734 g/mol. The molecule has 4 atom stereocenters. The van der Waals surface area contributed by atoms with Crippen LogP contribution in [0.5, 0.6) is 0 Å². The normalized spacial score (nSPS) is 27.8.